The van der Waals surface area contributed by atoms with Gasteiger partial charge in [-0.15, -0.1) is 0 Å². The molecule has 0 aromatic rings. The van der Waals surface area contributed by atoms with Crippen LogP contribution in [0.4, 0.5) is 0 Å². The van der Waals surface area contributed by atoms with Crippen LogP contribution in [0.1, 0.15) is 26.7 Å². The molecule has 0 amide bonds. The summed E-state index contributed by atoms with van der Waals surface area (Å²) in [6.45, 7) is 3.86. The number of hydrogen-bond donors (Lipinski definition) is 2. The Kier molecular flexibility index (Phi) is 6.24. The summed E-state index contributed by atoms with van der Waals surface area (Å²) in [7, 11) is 3.71. The summed E-state index contributed by atoms with van der Waals surface area (Å²) < 4.78 is 0. The van der Waals surface area contributed by atoms with Gasteiger partial charge in [0.15, 0.2) is 0 Å². The standard InChI is InChI=1S/C10H21NO2S/c1-7(2)9(13)5-8(12)6-10(14)11(3)4/h7-9,12-13H,5-6H2,1-4H3/t8-,9+/m0/s1. The summed E-state index contributed by atoms with van der Waals surface area (Å²) >= 11 is 5.06. The highest BCUT2D eigenvalue weighted by atomic mass is 32.1. The zero-order chi connectivity index (χ0) is 11.3. The van der Waals surface area contributed by atoms with Crippen LogP contribution in [0.25, 0.3) is 0 Å². The van der Waals surface area contributed by atoms with Gasteiger partial charge in [0.2, 0.25) is 0 Å². The van der Waals surface area contributed by atoms with Gasteiger partial charge in [-0.25, -0.2) is 0 Å². The summed E-state index contributed by atoms with van der Waals surface area (Å²) in [5, 5.41) is 19.1. The Morgan fingerprint density at radius 1 is 1.29 bits per heavy atom. The molecular weight excluding hydrogens is 198 g/mol. The lowest BCUT2D eigenvalue weighted by Crippen LogP contribution is -2.28. The normalized spacial score (nSPS) is 15.4. The minimum absolute atomic E-state index is 0.178. The molecule has 0 aliphatic rings. The average Bonchev–Trinajstić information content (AvgIpc) is 2.03. The van der Waals surface area contributed by atoms with Gasteiger partial charge in [0.1, 0.15) is 0 Å². The fourth-order valence-corrected chi connectivity index (χ4v) is 1.21. The number of thiocarbonyl (C=S) groups is 1. The van der Waals surface area contributed by atoms with Crippen molar-refractivity contribution < 1.29 is 10.2 Å². The molecule has 0 heterocycles. The molecule has 0 aromatic carbocycles. The van der Waals surface area contributed by atoms with Crippen molar-refractivity contribution in [2.75, 3.05) is 14.1 Å². The lowest BCUT2D eigenvalue weighted by atomic mass is 10.00. The summed E-state index contributed by atoms with van der Waals surface area (Å²) in [6, 6.07) is 0. The first-order valence-corrected chi connectivity index (χ1v) is 5.31. The van der Waals surface area contributed by atoms with E-state index >= 15 is 0 Å². The van der Waals surface area contributed by atoms with Crippen LogP contribution in [0.15, 0.2) is 0 Å². The zero-order valence-electron chi connectivity index (χ0n) is 9.40. The third kappa shape index (κ3) is 5.52. The van der Waals surface area contributed by atoms with Crippen LogP contribution in [0, 0.1) is 5.92 Å². The molecule has 14 heavy (non-hydrogen) atoms. The summed E-state index contributed by atoms with van der Waals surface area (Å²) in [6.07, 6.45) is -0.144. The van der Waals surface area contributed by atoms with Gasteiger partial charge in [0.25, 0.3) is 0 Å². The van der Waals surface area contributed by atoms with Crippen molar-refractivity contribution in [3.63, 3.8) is 0 Å². The molecule has 0 unspecified atom stereocenters. The predicted octanol–water partition coefficient (Wildman–Crippen LogP) is 1.03. The lowest BCUT2D eigenvalue weighted by molar-refractivity contribution is 0.0561. The minimum atomic E-state index is -0.540. The third-order valence-electron chi connectivity index (χ3n) is 2.19. The van der Waals surface area contributed by atoms with Crippen molar-refractivity contribution >= 4 is 17.2 Å². The fraction of sp³-hybridized carbons (Fsp3) is 0.900. The van der Waals surface area contributed by atoms with Gasteiger partial charge < -0.3 is 15.1 Å². The molecule has 4 heteroatoms. The smallest absolute Gasteiger partial charge is 0.0800 e. The SMILES string of the molecule is CC(C)[C@H](O)C[C@H](O)CC(=S)N(C)C. The van der Waals surface area contributed by atoms with Crippen molar-refractivity contribution in [3.05, 3.63) is 0 Å². The molecule has 0 spiro atoms. The fourth-order valence-electron chi connectivity index (χ4n) is 1.02. The Bertz CT molecular complexity index is 183. The molecule has 0 aromatic heterocycles. The molecule has 0 aliphatic heterocycles. The van der Waals surface area contributed by atoms with Gasteiger partial charge in [-0.2, -0.15) is 0 Å². The molecule has 0 aliphatic carbocycles. The number of aliphatic hydroxyl groups excluding tert-OH is 2. The first-order valence-electron chi connectivity index (χ1n) is 4.90. The molecule has 3 nitrogen and oxygen atoms in total. The van der Waals surface area contributed by atoms with E-state index in [0.29, 0.717) is 17.8 Å². The quantitative estimate of drug-likeness (QED) is 0.678. The maximum absolute atomic E-state index is 9.61. The molecule has 0 fully saturated rings. The molecule has 2 atom stereocenters. The predicted molar refractivity (Wildman–Crippen MR) is 62.4 cm³/mol. The maximum Gasteiger partial charge on any atom is 0.0800 e. The second-order valence-electron chi connectivity index (χ2n) is 4.19. The van der Waals surface area contributed by atoms with Crippen LogP contribution in [0.3, 0.4) is 0 Å². The van der Waals surface area contributed by atoms with Gasteiger partial charge >= 0.3 is 0 Å². The van der Waals surface area contributed by atoms with Gasteiger partial charge in [-0.1, -0.05) is 26.1 Å². The molecule has 2 N–H and O–H groups in total. The van der Waals surface area contributed by atoms with Crippen molar-refractivity contribution in [1.82, 2.24) is 4.90 Å². The Hall–Kier alpha value is -0.190. The number of aliphatic hydroxyl groups is 2. The van der Waals surface area contributed by atoms with Gasteiger partial charge in [-0.3, -0.25) is 0 Å². The molecule has 0 radical (unpaired) electrons. The lowest BCUT2D eigenvalue weighted by Gasteiger charge is -2.21. The topological polar surface area (TPSA) is 43.7 Å². The first kappa shape index (κ1) is 13.8. The highest BCUT2D eigenvalue weighted by Crippen LogP contribution is 2.11. The van der Waals surface area contributed by atoms with E-state index in [1.807, 2.05) is 27.9 Å². The number of rotatable bonds is 5. The molecular formula is C10H21NO2S. The van der Waals surface area contributed by atoms with Gasteiger partial charge in [0, 0.05) is 20.5 Å². The molecule has 0 saturated carbocycles. The Morgan fingerprint density at radius 3 is 2.14 bits per heavy atom. The Labute approximate surface area is 91.7 Å². The summed E-state index contributed by atoms with van der Waals surface area (Å²) in [4.78, 5) is 2.52. The highest BCUT2D eigenvalue weighted by Gasteiger charge is 2.16. The maximum atomic E-state index is 9.61. The van der Waals surface area contributed by atoms with Crippen LogP contribution < -0.4 is 0 Å². The van der Waals surface area contributed by atoms with E-state index in [9.17, 15) is 10.2 Å². The minimum Gasteiger partial charge on any atom is -0.393 e. The van der Waals surface area contributed by atoms with Gasteiger partial charge in [0.05, 0.1) is 17.2 Å². The second-order valence-corrected chi connectivity index (χ2v) is 4.66. The van der Waals surface area contributed by atoms with Crippen LogP contribution in [0.5, 0.6) is 0 Å². The van der Waals surface area contributed by atoms with E-state index in [-0.39, 0.29) is 5.92 Å². The largest absolute Gasteiger partial charge is 0.393 e. The van der Waals surface area contributed by atoms with Crippen molar-refractivity contribution in [3.8, 4) is 0 Å². The van der Waals surface area contributed by atoms with Gasteiger partial charge in [-0.05, 0) is 12.3 Å². The van der Waals surface area contributed by atoms with Crippen LogP contribution in [-0.4, -0.2) is 46.4 Å². The van der Waals surface area contributed by atoms with Crippen LogP contribution in [0.2, 0.25) is 0 Å². The van der Waals surface area contributed by atoms with Crippen molar-refractivity contribution in [1.29, 1.82) is 0 Å². The van der Waals surface area contributed by atoms with E-state index in [2.05, 4.69) is 0 Å². The molecule has 0 saturated heterocycles. The highest BCUT2D eigenvalue weighted by molar-refractivity contribution is 7.80. The van der Waals surface area contributed by atoms with E-state index < -0.39 is 12.2 Å². The van der Waals surface area contributed by atoms with Crippen LogP contribution >= 0.6 is 12.2 Å². The van der Waals surface area contributed by atoms with Crippen LogP contribution in [-0.2, 0) is 0 Å². The van der Waals surface area contributed by atoms with E-state index in [0.717, 1.165) is 0 Å². The Balaban J connectivity index is 3.86. The second kappa shape index (κ2) is 6.32. The Morgan fingerprint density at radius 2 is 1.79 bits per heavy atom. The van der Waals surface area contributed by atoms with E-state index in [1.165, 1.54) is 0 Å². The number of nitrogens with zero attached hydrogens (tertiary/aromatic N) is 1. The third-order valence-corrected chi connectivity index (χ3v) is 2.72. The van der Waals surface area contributed by atoms with E-state index in [1.54, 1.807) is 4.90 Å². The van der Waals surface area contributed by atoms with Crippen molar-refractivity contribution in [2.24, 2.45) is 5.92 Å². The first-order chi connectivity index (χ1) is 6.34. The van der Waals surface area contributed by atoms with Crippen molar-refractivity contribution in [2.45, 2.75) is 38.9 Å². The molecule has 0 bridgehead atoms. The monoisotopic (exact) mass is 219 g/mol. The van der Waals surface area contributed by atoms with E-state index in [4.69, 9.17) is 12.2 Å². The average molecular weight is 219 g/mol. The molecule has 84 valence electrons. The summed E-state index contributed by atoms with van der Waals surface area (Å²) in [5.74, 6) is 0.178. The molecule has 0 rings (SSSR count). The summed E-state index contributed by atoms with van der Waals surface area (Å²) in [5.41, 5.74) is 0. The zero-order valence-corrected chi connectivity index (χ0v) is 10.2. The number of hydrogen-bond acceptors (Lipinski definition) is 3.